The quantitative estimate of drug-likeness (QED) is 0.494. The van der Waals surface area contributed by atoms with E-state index in [1.54, 1.807) is 6.92 Å². The lowest BCUT2D eigenvalue weighted by molar-refractivity contribution is 0.182. The lowest BCUT2D eigenvalue weighted by Crippen LogP contribution is -2.41. The molecule has 1 unspecified atom stereocenters. The van der Waals surface area contributed by atoms with Gasteiger partial charge in [-0.05, 0) is 43.4 Å². The summed E-state index contributed by atoms with van der Waals surface area (Å²) in [6, 6.07) is 7.23. The Hall–Kier alpha value is -2.04. The minimum Gasteiger partial charge on any atom is -0.411 e. The van der Waals surface area contributed by atoms with Gasteiger partial charge in [0, 0.05) is 18.8 Å². The van der Waals surface area contributed by atoms with Crippen LogP contribution in [0, 0.1) is 5.92 Å². The molecule has 0 saturated carbocycles. The Morgan fingerprint density at radius 2 is 2.10 bits per heavy atom. The fraction of sp³-hybridized carbons (Fsp3) is 0.467. The molecule has 0 bridgehead atoms. The lowest BCUT2D eigenvalue weighted by atomic mass is 10.0. The van der Waals surface area contributed by atoms with Gasteiger partial charge < -0.3 is 15.4 Å². The zero-order valence-corrected chi connectivity index (χ0v) is 12.0. The van der Waals surface area contributed by atoms with Crippen molar-refractivity contribution in [2.45, 2.75) is 26.7 Å². The van der Waals surface area contributed by atoms with Crippen LogP contribution in [0.4, 0.5) is 10.5 Å². The molecule has 108 valence electrons. The van der Waals surface area contributed by atoms with Crippen molar-refractivity contribution in [3.05, 3.63) is 29.8 Å². The summed E-state index contributed by atoms with van der Waals surface area (Å²) in [5, 5.41) is 14.8. The number of nitrogens with zero attached hydrogens (tertiary/aromatic N) is 2. The highest BCUT2D eigenvalue weighted by Gasteiger charge is 2.20. The number of piperidine rings is 1. The Morgan fingerprint density at radius 3 is 2.70 bits per heavy atom. The molecular formula is C15H21N3O2. The standard InChI is InChI=1S/C15H21N3O2/c1-11-4-3-9-18(10-11)15(19)16-14-7-5-13(6-8-14)12(2)17-20/h5-8,11,20H,3-4,9-10H2,1-2H3,(H,16,19). The van der Waals surface area contributed by atoms with Crippen LogP contribution in [0.3, 0.4) is 0 Å². The molecular weight excluding hydrogens is 254 g/mol. The van der Waals surface area contributed by atoms with E-state index in [0.29, 0.717) is 11.6 Å². The molecule has 1 saturated heterocycles. The first kappa shape index (κ1) is 14.4. The average molecular weight is 275 g/mol. The fourth-order valence-corrected chi connectivity index (χ4v) is 2.43. The highest BCUT2D eigenvalue weighted by Crippen LogP contribution is 2.17. The number of oxime groups is 1. The van der Waals surface area contributed by atoms with Crippen molar-refractivity contribution in [2.24, 2.45) is 11.1 Å². The number of amides is 2. The highest BCUT2D eigenvalue weighted by atomic mass is 16.4. The van der Waals surface area contributed by atoms with Crippen molar-refractivity contribution in [3.8, 4) is 0 Å². The second-order valence-corrected chi connectivity index (χ2v) is 5.39. The highest BCUT2D eigenvalue weighted by molar-refractivity contribution is 5.99. The molecule has 1 fully saturated rings. The molecule has 0 aromatic heterocycles. The normalized spacial score (nSPS) is 19.8. The topological polar surface area (TPSA) is 64.9 Å². The number of anilines is 1. The van der Waals surface area contributed by atoms with E-state index < -0.39 is 0 Å². The van der Waals surface area contributed by atoms with Gasteiger partial charge in [0.15, 0.2) is 0 Å². The second-order valence-electron chi connectivity index (χ2n) is 5.39. The van der Waals surface area contributed by atoms with Crippen LogP contribution in [0.25, 0.3) is 0 Å². The molecule has 5 heteroatoms. The average Bonchev–Trinajstić information content (AvgIpc) is 2.47. The van der Waals surface area contributed by atoms with Crippen LogP contribution in [0.1, 0.15) is 32.3 Å². The van der Waals surface area contributed by atoms with E-state index >= 15 is 0 Å². The monoisotopic (exact) mass is 275 g/mol. The van der Waals surface area contributed by atoms with Gasteiger partial charge in [-0.25, -0.2) is 4.79 Å². The number of benzene rings is 1. The van der Waals surface area contributed by atoms with E-state index in [2.05, 4.69) is 17.4 Å². The van der Waals surface area contributed by atoms with Gasteiger partial charge in [-0.15, -0.1) is 0 Å². The van der Waals surface area contributed by atoms with Crippen LogP contribution in [0.15, 0.2) is 29.4 Å². The molecule has 1 heterocycles. The number of carbonyl (C=O) groups is 1. The van der Waals surface area contributed by atoms with Crippen LogP contribution in [0.2, 0.25) is 0 Å². The zero-order valence-electron chi connectivity index (χ0n) is 12.0. The van der Waals surface area contributed by atoms with Crippen LogP contribution >= 0.6 is 0 Å². The van der Waals surface area contributed by atoms with Crippen LogP contribution in [-0.4, -0.2) is 34.9 Å². The number of hydrogen-bond donors (Lipinski definition) is 2. The maximum absolute atomic E-state index is 12.1. The van der Waals surface area contributed by atoms with Gasteiger partial charge >= 0.3 is 6.03 Å². The first-order valence-corrected chi connectivity index (χ1v) is 6.95. The third kappa shape index (κ3) is 3.50. The Balaban J connectivity index is 1.97. The zero-order chi connectivity index (χ0) is 14.5. The van der Waals surface area contributed by atoms with E-state index in [1.807, 2.05) is 29.2 Å². The lowest BCUT2D eigenvalue weighted by Gasteiger charge is -2.30. The third-order valence-corrected chi connectivity index (χ3v) is 3.65. The van der Waals surface area contributed by atoms with Crippen molar-refractivity contribution in [1.82, 2.24) is 4.90 Å². The van der Waals surface area contributed by atoms with Gasteiger partial charge in [-0.1, -0.05) is 24.2 Å². The maximum atomic E-state index is 12.1. The summed E-state index contributed by atoms with van der Waals surface area (Å²) < 4.78 is 0. The van der Waals surface area contributed by atoms with Gasteiger partial charge in [0.25, 0.3) is 0 Å². The van der Waals surface area contributed by atoms with Gasteiger partial charge in [0.05, 0.1) is 5.71 Å². The van der Waals surface area contributed by atoms with E-state index in [4.69, 9.17) is 5.21 Å². The maximum Gasteiger partial charge on any atom is 0.321 e. The summed E-state index contributed by atoms with van der Waals surface area (Å²) in [4.78, 5) is 14.0. The van der Waals surface area contributed by atoms with E-state index in [9.17, 15) is 4.79 Å². The van der Waals surface area contributed by atoms with Crippen LogP contribution < -0.4 is 5.32 Å². The predicted octanol–water partition coefficient (Wildman–Crippen LogP) is 3.15. The van der Waals surface area contributed by atoms with Crippen molar-refractivity contribution in [2.75, 3.05) is 18.4 Å². The summed E-state index contributed by atoms with van der Waals surface area (Å²) in [5.41, 5.74) is 2.13. The number of carbonyl (C=O) groups excluding carboxylic acids is 1. The van der Waals surface area contributed by atoms with Gasteiger partial charge in [-0.2, -0.15) is 0 Å². The first-order valence-electron chi connectivity index (χ1n) is 6.95. The summed E-state index contributed by atoms with van der Waals surface area (Å²) in [7, 11) is 0. The minimum absolute atomic E-state index is 0.0446. The van der Waals surface area contributed by atoms with Crippen LogP contribution in [-0.2, 0) is 0 Å². The van der Waals surface area contributed by atoms with Crippen molar-refractivity contribution >= 4 is 17.4 Å². The summed E-state index contributed by atoms with van der Waals surface area (Å²) in [6.07, 6.45) is 2.26. The van der Waals surface area contributed by atoms with Gasteiger partial charge in [-0.3, -0.25) is 0 Å². The SMILES string of the molecule is CC(=NO)c1ccc(NC(=O)N2CCCC(C)C2)cc1. The van der Waals surface area contributed by atoms with E-state index in [1.165, 1.54) is 6.42 Å². The number of urea groups is 1. The number of hydrogen-bond acceptors (Lipinski definition) is 3. The van der Waals surface area contributed by atoms with E-state index in [0.717, 1.165) is 30.8 Å². The number of rotatable bonds is 2. The molecule has 1 aliphatic heterocycles. The molecule has 0 spiro atoms. The molecule has 1 aliphatic rings. The third-order valence-electron chi connectivity index (χ3n) is 3.65. The van der Waals surface area contributed by atoms with E-state index in [-0.39, 0.29) is 6.03 Å². The molecule has 1 aromatic carbocycles. The van der Waals surface area contributed by atoms with Gasteiger partial charge in [0.1, 0.15) is 0 Å². The smallest absolute Gasteiger partial charge is 0.321 e. The first-order chi connectivity index (χ1) is 9.60. The summed E-state index contributed by atoms with van der Waals surface area (Å²) in [6.45, 7) is 5.54. The molecule has 0 aliphatic carbocycles. The molecule has 20 heavy (non-hydrogen) atoms. The summed E-state index contributed by atoms with van der Waals surface area (Å²) in [5.74, 6) is 0.570. The molecule has 0 radical (unpaired) electrons. The molecule has 1 aromatic rings. The fourth-order valence-electron chi connectivity index (χ4n) is 2.43. The molecule has 2 rings (SSSR count). The molecule has 5 nitrogen and oxygen atoms in total. The Kier molecular flexibility index (Phi) is 4.61. The van der Waals surface area contributed by atoms with Gasteiger partial charge in [0.2, 0.25) is 0 Å². The van der Waals surface area contributed by atoms with Crippen molar-refractivity contribution in [3.63, 3.8) is 0 Å². The minimum atomic E-state index is -0.0446. The largest absolute Gasteiger partial charge is 0.411 e. The van der Waals surface area contributed by atoms with Crippen LogP contribution in [0.5, 0.6) is 0 Å². The number of likely N-dealkylation sites (tertiary alicyclic amines) is 1. The Morgan fingerprint density at radius 1 is 1.40 bits per heavy atom. The molecule has 1 atom stereocenters. The molecule has 2 N–H and O–H groups in total. The Bertz CT molecular complexity index is 496. The molecule has 2 amide bonds. The van der Waals surface area contributed by atoms with Crippen molar-refractivity contribution < 1.29 is 10.0 Å². The summed E-state index contributed by atoms with van der Waals surface area (Å²) >= 11 is 0. The number of nitrogens with one attached hydrogen (secondary N) is 1. The second kappa shape index (κ2) is 6.41. The Labute approximate surface area is 119 Å². The van der Waals surface area contributed by atoms with Crippen molar-refractivity contribution in [1.29, 1.82) is 0 Å². The predicted molar refractivity (Wildman–Crippen MR) is 79.4 cm³/mol.